The van der Waals surface area contributed by atoms with Crippen molar-refractivity contribution in [2.75, 3.05) is 66.1 Å². The molecule has 2 aromatic rings. The van der Waals surface area contributed by atoms with Gasteiger partial charge in [-0.25, -0.2) is 0 Å². The first-order chi connectivity index (χ1) is 18.5. The summed E-state index contributed by atoms with van der Waals surface area (Å²) in [7, 11) is 0. The van der Waals surface area contributed by atoms with Crippen molar-refractivity contribution < 1.29 is 38.6 Å². The molecule has 2 heterocycles. The number of hydrogen-bond acceptors (Lipinski definition) is 10. The van der Waals surface area contributed by atoms with Crippen LogP contribution in [0.5, 0.6) is 23.0 Å². The van der Waals surface area contributed by atoms with E-state index in [0.717, 1.165) is 48.8 Å². The smallest absolute Gasteiger partial charge is 0.231 e. The third-order valence-electron chi connectivity index (χ3n) is 6.60. The molecular formula is C28H40N2O8. The molecule has 210 valence electrons. The molecule has 0 aromatic heterocycles. The molecule has 2 aliphatic rings. The van der Waals surface area contributed by atoms with Crippen LogP contribution in [0.1, 0.15) is 25.0 Å². The summed E-state index contributed by atoms with van der Waals surface area (Å²) in [6, 6.07) is 11.4. The second-order valence-corrected chi connectivity index (χ2v) is 9.50. The quantitative estimate of drug-likeness (QED) is 0.315. The molecule has 0 spiro atoms. The lowest BCUT2D eigenvalue weighted by atomic mass is 10.2. The van der Waals surface area contributed by atoms with E-state index in [0.29, 0.717) is 37.8 Å². The van der Waals surface area contributed by atoms with Gasteiger partial charge in [0.25, 0.3) is 0 Å². The van der Waals surface area contributed by atoms with Gasteiger partial charge in [0.2, 0.25) is 13.6 Å². The largest absolute Gasteiger partial charge is 0.454 e. The Morgan fingerprint density at radius 1 is 0.684 bits per heavy atom. The van der Waals surface area contributed by atoms with Crippen molar-refractivity contribution in [2.45, 2.75) is 39.3 Å². The highest BCUT2D eigenvalue weighted by Crippen LogP contribution is 2.33. The number of benzene rings is 2. The summed E-state index contributed by atoms with van der Waals surface area (Å²) in [4.78, 5) is 4.39. The molecule has 0 fully saturated rings. The van der Waals surface area contributed by atoms with Gasteiger partial charge in [-0.2, -0.15) is 0 Å². The van der Waals surface area contributed by atoms with Gasteiger partial charge in [0, 0.05) is 26.2 Å². The molecular weight excluding hydrogens is 492 g/mol. The van der Waals surface area contributed by atoms with E-state index in [1.807, 2.05) is 36.4 Å². The van der Waals surface area contributed by atoms with E-state index < -0.39 is 12.2 Å². The molecule has 0 amide bonds. The van der Waals surface area contributed by atoms with E-state index in [9.17, 15) is 10.2 Å². The number of hydrogen-bond donors (Lipinski definition) is 2. The molecule has 10 heteroatoms. The second kappa shape index (κ2) is 14.5. The topological polar surface area (TPSA) is 102 Å². The zero-order valence-corrected chi connectivity index (χ0v) is 22.3. The Hall–Kier alpha value is -2.60. The van der Waals surface area contributed by atoms with E-state index >= 15 is 0 Å². The van der Waals surface area contributed by atoms with E-state index in [2.05, 4.69) is 23.6 Å². The normalized spacial score (nSPS) is 15.4. The van der Waals surface area contributed by atoms with Gasteiger partial charge in [0.15, 0.2) is 23.0 Å². The third-order valence-corrected chi connectivity index (χ3v) is 6.60. The SMILES string of the molecule is CCN(CC)CCN(C[C@@H](O)COCc1ccc2c(c1)OCO2)C[C@@H](O)COCc1ccc2c(c1)OCO2. The molecule has 0 aliphatic carbocycles. The number of aliphatic hydroxyl groups excluding tert-OH is 2. The van der Waals surface area contributed by atoms with Gasteiger partial charge in [0.1, 0.15) is 0 Å². The maximum atomic E-state index is 10.7. The van der Waals surface area contributed by atoms with Crippen LogP contribution in [-0.2, 0) is 22.7 Å². The molecule has 0 saturated carbocycles. The number of ether oxygens (including phenoxy) is 6. The Morgan fingerprint density at radius 2 is 1.13 bits per heavy atom. The minimum Gasteiger partial charge on any atom is -0.454 e. The van der Waals surface area contributed by atoms with Crippen molar-refractivity contribution in [1.82, 2.24) is 9.80 Å². The molecule has 10 nitrogen and oxygen atoms in total. The van der Waals surface area contributed by atoms with E-state index in [-0.39, 0.29) is 26.8 Å². The van der Waals surface area contributed by atoms with Crippen LogP contribution in [0.15, 0.2) is 36.4 Å². The first-order valence-corrected chi connectivity index (χ1v) is 13.3. The highest BCUT2D eigenvalue weighted by molar-refractivity contribution is 5.45. The monoisotopic (exact) mass is 532 g/mol. The summed E-state index contributed by atoms with van der Waals surface area (Å²) in [6.07, 6.45) is -1.38. The number of rotatable bonds is 17. The predicted molar refractivity (Wildman–Crippen MR) is 141 cm³/mol. The zero-order valence-electron chi connectivity index (χ0n) is 22.3. The van der Waals surface area contributed by atoms with Gasteiger partial charge in [0.05, 0.1) is 38.6 Å². The summed E-state index contributed by atoms with van der Waals surface area (Å²) in [5, 5.41) is 21.4. The molecule has 38 heavy (non-hydrogen) atoms. The van der Waals surface area contributed by atoms with Gasteiger partial charge >= 0.3 is 0 Å². The number of nitrogens with zero attached hydrogens (tertiary/aromatic N) is 2. The standard InChI is InChI=1S/C28H40N2O8/c1-3-29(4-2)9-10-30(13-23(31)17-33-15-21-5-7-25-27(11-21)37-19-35-25)14-24(32)18-34-16-22-6-8-26-28(12-22)38-20-36-26/h5-8,11-12,23-24,31-32H,3-4,9-10,13-20H2,1-2H3/t23-,24-/m1/s1. The summed E-state index contributed by atoms with van der Waals surface area (Å²) in [5.41, 5.74) is 1.91. The molecule has 0 unspecified atom stereocenters. The third kappa shape index (κ3) is 8.45. The van der Waals surface area contributed by atoms with Crippen LogP contribution >= 0.6 is 0 Å². The number of aliphatic hydroxyl groups is 2. The molecule has 0 bridgehead atoms. The van der Waals surface area contributed by atoms with Crippen LogP contribution in [-0.4, -0.2) is 98.3 Å². The van der Waals surface area contributed by atoms with Crippen molar-refractivity contribution >= 4 is 0 Å². The van der Waals surface area contributed by atoms with Crippen molar-refractivity contribution in [3.05, 3.63) is 47.5 Å². The van der Waals surface area contributed by atoms with Crippen molar-refractivity contribution in [3.63, 3.8) is 0 Å². The van der Waals surface area contributed by atoms with E-state index in [1.54, 1.807) is 0 Å². The fourth-order valence-electron chi connectivity index (χ4n) is 4.47. The Labute approximate surface area is 224 Å². The number of likely N-dealkylation sites (N-methyl/N-ethyl adjacent to an activating group) is 1. The maximum absolute atomic E-state index is 10.7. The Balaban J connectivity index is 1.21. The molecule has 2 aliphatic heterocycles. The molecule has 2 aromatic carbocycles. The Morgan fingerprint density at radius 3 is 1.61 bits per heavy atom. The van der Waals surface area contributed by atoms with Gasteiger partial charge < -0.3 is 43.5 Å². The summed E-state index contributed by atoms with van der Waals surface area (Å²) in [6.45, 7) is 10.1. The fraction of sp³-hybridized carbons (Fsp3) is 0.571. The fourth-order valence-corrected chi connectivity index (χ4v) is 4.47. The Kier molecular flexibility index (Phi) is 10.9. The van der Waals surface area contributed by atoms with Crippen molar-refractivity contribution in [3.8, 4) is 23.0 Å². The van der Waals surface area contributed by atoms with Crippen molar-refractivity contribution in [1.29, 1.82) is 0 Å². The average Bonchev–Trinajstić information content (AvgIpc) is 3.58. The highest BCUT2D eigenvalue weighted by atomic mass is 16.7. The predicted octanol–water partition coefficient (Wildman–Crippen LogP) is 2.24. The van der Waals surface area contributed by atoms with Crippen LogP contribution < -0.4 is 18.9 Å². The van der Waals surface area contributed by atoms with E-state index in [4.69, 9.17) is 28.4 Å². The zero-order chi connectivity index (χ0) is 26.7. The summed E-state index contributed by atoms with van der Waals surface area (Å²) >= 11 is 0. The lowest BCUT2D eigenvalue weighted by molar-refractivity contribution is -0.0171. The summed E-state index contributed by atoms with van der Waals surface area (Å²) < 4.78 is 33.0. The van der Waals surface area contributed by atoms with Crippen LogP contribution in [0.25, 0.3) is 0 Å². The maximum Gasteiger partial charge on any atom is 0.231 e. The number of fused-ring (bicyclic) bond motifs is 2. The van der Waals surface area contributed by atoms with Crippen LogP contribution in [0, 0.1) is 0 Å². The molecule has 4 rings (SSSR count). The average molecular weight is 533 g/mol. The highest BCUT2D eigenvalue weighted by Gasteiger charge is 2.19. The minimum absolute atomic E-state index is 0.187. The first-order valence-electron chi connectivity index (χ1n) is 13.3. The molecule has 0 radical (unpaired) electrons. The summed E-state index contributed by atoms with van der Waals surface area (Å²) in [5.74, 6) is 2.89. The minimum atomic E-state index is -0.692. The lowest BCUT2D eigenvalue weighted by Gasteiger charge is -2.29. The first kappa shape index (κ1) is 28.4. The van der Waals surface area contributed by atoms with Crippen LogP contribution in [0.3, 0.4) is 0 Å². The lowest BCUT2D eigenvalue weighted by Crippen LogP contribution is -2.44. The van der Waals surface area contributed by atoms with Gasteiger partial charge in [-0.15, -0.1) is 0 Å². The van der Waals surface area contributed by atoms with Crippen molar-refractivity contribution in [2.24, 2.45) is 0 Å². The van der Waals surface area contributed by atoms with E-state index in [1.165, 1.54) is 0 Å². The molecule has 2 N–H and O–H groups in total. The van der Waals surface area contributed by atoms with Crippen LogP contribution in [0.2, 0.25) is 0 Å². The van der Waals surface area contributed by atoms with Gasteiger partial charge in [-0.05, 0) is 48.5 Å². The molecule has 2 atom stereocenters. The van der Waals surface area contributed by atoms with Gasteiger partial charge in [-0.1, -0.05) is 26.0 Å². The van der Waals surface area contributed by atoms with Gasteiger partial charge in [-0.3, -0.25) is 4.90 Å². The Bertz CT molecular complexity index is 931. The van der Waals surface area contributed by atoms with Crippen LogP contribution in [0.4, 0.5) is 0 Å². The second-order valence-electron chi connectivity index (χ2n) is 9.50. The molecule has 0 saturated heterocycles.